The fourth-order valence-electron chi connectivity index (χ4n) is 1.95. The fourth-order valence-corrected chi connectivity index (χ4v) is 1.95. The second kappa shape index (κ2) is 5.14. The van der Waals surface area contributed by atoms with Crippen molar-refractivity contribution in [2.75, 3.05) is 24.6 Å². The van der Waals surface area contributed by atoms with E-state index >= 15 is 0 Å². The van der Waals surface area contributed by atoms with Crippen LogP contribution in [0.15, 0.2) is 18.3 Å². The van der Waals surface area contributed by atoms with Crippen LogP contribution in [0.1, 0.15) is 23.7 Å². The molecule has 0 unspecified atom stereocenters. The third-order valence-corrected chi connectivity index (χ3v) is 2.74. The maximum Gasteiger partial charge on any atom is 0.341 e. The molecule has 0 amide bonds. The van der Waals surface area contributed by atoms with Crippen LogP contribution >= 0.6 is 0 Å². The first-order chi connectivity index (χ1) is 8.22. The predicted molar refractivity (Wildman–Crippen MR) is 63.0 cm³/mol. The Kier molecular flexibility index (Phi) is 3.58. The van der Waals surface area contributed by atoms with Crippen LogP contribution in [0.4, 0.5) is 5.82 Å². The highest BCUT2D eigenvalue weighted by molar-refractivity contribution is 5.94. The Bertz CT molecular complexity index is 408. The third kappa shape index (κ3) is 2.55. The van der Waals surface area contributed by atoms with Gasteiger partial charge in [0.1, 0.15) is 11.4 Å². The van der Waals surface area contributed by atoms with E-state index in [9.17, 15) is 9.90 Å². The Morgan fingerprint density at radius 3 is 3.18 bits per heavy atom. The van der Waals surface area contributed by atoms with Crippen LogP contribution in [-0.2, 0) is 4.74 Å². The molecule has 1 atom stereocenters. The molecule has 2 rings (SSSR count). The number of β-amino-alcohol motifs (C(OH)–C–C–N with tert-alkyl or cyclic N) is 1. The number of pyridine rings is 1. The van der Waals surface area contributed by atoms with Gasteiger partial charge in [-0.15, -0.1) is 0 Å². The summed E-state index contributed by atoms with van der Waals surface area (Å²) in [6.45, 7) is 3.34. The average molecular weight is 236 g/mol. The van der Waals surface area contributed by atoms with E-state index in [1.165, 1.54) is 0 Å². The number of hydrogen-bond donors (Lipinski definition) is 1. The van der Waals surface area contributed by atoms with Crippen molar-refractivity contribution in [3.63, 3.8) is 0 Å². The summed E-state index contributed by atoms with van der Waals surface area (Å²) in [5.74, 6) is 0.236. The second-order valence-electron chi connectivity index (χ2n) is 3.98. The summed E-state index contributed by atoms with van der Waals surface area (Å²) in [4.78, 5) is 17.9. The Morgan fingerprint density at radius 1 is 1.71 bits per heavy atom. The summed E-state index contributed by atoms with van der Waals surface area (Å²) in [6, 6.07) is 3.41. The topological polar surface area (TPSA) is 62.7 Å². The smallest absolute Gasteiger partial charge is 0.341 e. The number of ether oxygens (including phenoxy) is 1. The highest BCUT2D eigenvalue weighted by Gasteiger charge is 2.25. The lowest BCUT2D eigenvalue weighted by Gasteiger charge is -2.18. The molecule has 5 heteroatoms. The minimum atomic E-state index is -0.364. The second-order valence-corrected chi connectivity index (χ2v) is 3.98. The van der Waals surface area contributed by atoms with Crippen molar-refractivity contribution in [3.05, 3.63) is 23.9 Å². The first-order valence-corrected chi connectivity index (χ1v) is 5.77. The van der Waals surface area contributed by atoms with E-state index in [0.717, 1.165) is 0 Å². The number of esters is 1. The quantitative estimate of drug-likeness (QED) is 0.787. The molecule has 1 fully saturated rings. The van der Waals surface area contributed by atoms with E-state index in [1.807, 2.05) is 4.90 Å². The minimum absolute atomic E-state index is 0.341. The van der Waals surface area contributed by atoms with Gasteiger partial charge in [0.2, 0.25) is 0 Å². The zero-order valence-corrected chi connectivity index (χ0v) is 9.80. The molecule has 2 heterocycles. The first-order valence-electron chi connectivity index (χ1n) is 5.77. The number of anilines is 1. The van der Waals surface area contributed by atoms with Gasteiger partial charge >= 0.3 is 5.97 Å². The minimum Gasteiger partial charge on any atom is -0.462 e. The molecule has 1 saturated heterocycles. The summed E-state index contributed by atoms with van der Waals surface area (Å²) in [6.07, 6.45) is 2.01. The summed E-state index contributed by atoms with van der Waals surface area (Å²) in [5.41, 5.74) is 0.462. The number of hydrogen-bond acceptors (Lipinski definition) is 5. The molecule has 1 N–H and O–H groups in total. The van der Waals surface area contributed by atoms with Crippen LogP contribution in [0.5, 0.6) is 0 Å². The molecule has 1 aliphatic heterocycles. The van der Waals surface area contributed by atoms with Gasteiger partial charge in [0.25, 0.3) is 0 Å². The number of carbonyl (C=O) groups is 1. The van der Waals surface area contributed by atoms with Crippen LogP contribution in [0, 0.1) is 0 Å². The zero-order chi connectivity index (χ0) is 12.3. The molecule has 0 radical (unpaired) electrons. The van der Waals surface area contributed by atoms with Crippen molar-refractivity contribution in [2.24, 2.45) is 0 Å². The van der Waals surface area contributed by atoms with Gasteiger partial charge in [-0.3, -0.25) is 0 Å². The largest absolute Gasteiger partial charge is 0.462 e. The molecule has 0 spiro atoms. The number of aromatic nitrogens is 1. The lowest BCUT2D eigenvalue weighted by Crippen LogP contribution is -2.25. The molecular weight excluding hydrogens is 220 g/mol. The van der Waals surface area contributed by atoms with Gasteiger partial charge in [0, 0.05) is 19.3 Å². The molecule has 0 aliphatic carbocycles. The maximum absolute atomic E-state index is 11.8. The molecule has 1 aromatic heterocycles. The predicted octanol–water partition coefficient (Wildman–Crippen LogP) is 0.829. The number of carbonyl (C=O) groups excluding carboxylic acids is 1. The molecule has 17 heavy (non-hydrogen) atoms. The van der Waals surface area contributed by atoms with Gasteiger partial charge in [-0.25, -0.2) is 9.78 Å². The van der Waals surface area contributed by atoms with E-state index in [0.29, 0.717) is 37.5 Å². The van der Waals surface area contributed by atoms with E-state index < -0.39 is 0 Å². The van der Waals surface area contributed by atoms with Gasteiger partial charge in [-0.05, 0) is 25.5 Å². The highest BCUT2D eigenvalue weighted by Crippen LogP contribution is 2.22. The van der Waals surface area contributed by atoms with Gasteiger partial charge in [-0.1, -0.05) is 0 Å². The molecular formula is C12H16N2O3. The molecule has 92 valence electrons. The SMILES string of the molecule is CCOC(=O)c1cccnc1N1CC[C@@H](O)C1. The summed E-state index contributed by atoms with van der Waals surface area (Å²) in [5, 5.41) is 9.51. The van der Waals surface area contributed by atoms with Crippen LogP contribution in [-0.4, -0.2) is 41.9 Å². The van der Waals surface area contributed by atoms with Crippen LogP contribution in [0.3, 0.4) is 0 Å². The Labute approximate surface area is 100 Å². The number of rotatable bonds is 3. The lowest BCUT2D eigenvalue weighted by molar-refractivity contribution is 0.0526. The van der Waals surface area contributed by atoms with Gasteiger partial charge in [0.15, 0.2) is 0 Å². The molecule has 0 aromatic carbocycles. The van der Waals surface area contributed by atoms with Crippen LogP contribution in [0.25, 0.3) is 0 Å². The van der Waals surface area contributed by atoms with Crippen LogP contribution in [0.2, 0.25) is 0 Å². The monoisotopic (exact) mass is 236 g/mol. The molecule has 1 aliphatic rings. The van der Waals surface area contributed by atoms with E-state index in [1.54, 1.807) is 25.3 Å². The van der Waals surface area contributed by atoms with Crippen molar-refractivity contribution in [1.82, 2.24) is 4.98 Å². The van der Waals surface area contributed by atoms with Crippen molar-refractivity contribution in [1.29, 1.82) is 0 Å². The third-order valence-electron chi connectivity index (χ3n) is 2.74. The number of aliphatic hydroxyl groups is 1. The molecule has 1 aromatic rings. The Balaban J connectivity index is 2.24. The van der Waals surface area contributed by atoms with E-state index in [4.69, 9.17) is 4.74 Å². The summed E-state index contributed by atoms with van der Waals surface area (Å²) in [7, 11) is 0. The number of nitrogens with zero attached hydrogens (tertiary/aromatic N) is 2. The fraction of sp³-hybridized carbons (Fsp3) is 0.500. The summed E-state index contributed by atoms with van der Waals surface area (Å²) >= 11 is 0. The van der Waals surface area contributed by atoms with Gasteiger partial charge < -0.3 is 14.7 Å². The van der Waals surface area contributed by atoms with Gasteiger partial charge in [0.05, 0.1) is 12.7 Å². The van der Waals surface area contributed by atoms with Gasteiger partial charge in [-0.2, -0.15) is 0 Å². The van der Waals surface area contributed by atoms with E-state index in [2.05, 4.69) is 4.98 Å². The van der Waals surface area contributed by atoms with Crippen molar-refractivity contribution >= 4 is 11.8 Å². The lowest BCUT2D eigenvalue weighted by atomic mass is 10.2. The number of aliphatic hydroxyl groups excluding tert-OH is 1. The van der Waals surface area contributed by atoms with Crippen molar-refractivity contribution in [2.45, 2.75) is 19.4 Å². The standard InChI is InChI=1S/C12H16N2O3/c1-2-17-12(16)10-4-3-6-13-11(10)14-7-5-9(15)8-14/h3-4,6,9,15H,2,5,7-8H2,1H3/t9-/m1/s1. The molecule has 5 nitrogen and oxygen atoms in total. The summed E-state index contributed by atoms with van der Waals surface area (Å²) < 4.78 is 4.99. The first kappa shape index (κ1) is 11.9. The zero-order valence-electron chi connectivity index (χ0n) is 9.80. The average Bonchev–Trinajstić information content (AvgIpc) is 2.76. The van der Waals surface area contributed by atoms with Crippen molar-refractivity contribution < 1.29 is 14.6 Å². The molecule has 0 bridgehead atoms. The van der Waals surface area contributed by atoms with Crippen LogP contribution < -0.4 is 4.90 Å². The maximum atomic E-state index is 11.8. The Hall–Kier alpha value is -1.62. The molecule has 0 saturated carbocycles. The van der Waals surface area contributed by atoms with Crippen molar-refractivity contribution in [3.8, 4) is 0 Å². The normalized spacial score (nSPS) is 19.4. The highest BCUT2D eigenvalue weighted by atomic mass is 16.5. The Morgan fingerprint density at radius 2 is 2.53 bits per heavy atom. The van der Waals surface area contributed by atoms with E-state index in [-0.39, 0.29) is 12.1 Å².